The number of nitrogens with two attached hydrogens (primary N) is 2. The van der Waals surface area contributed by atoms with Gasteiger partial charge in [0, 0.05) is 18.4 Å². The fourth-order valence-electron chi connectivity index (χ4n) is 1.45. The van der Waals surface area contributed by atoms with Crippen LogP contribution in [0, 0.1) is 6.92 Å². The van der Waals surface area contributed by atoms with Crippen molar-refractivity contribution in [1.29, 1.82) is 0 Å². The fourth-order valence-corrected chi connectivity index (χ4v) is 2.16. The summed E-state index contributed by atoms with van der Waals surface area (Å²) in [4.78, 5) is 15.4. The maximum absolute atomic E-state index is 11.2. The molecule has 0 unspecified atom stereocenters. The minimum atomic E-state index is -0.578. The van der Waals surface area contributed by atoms with Crippen LogP contribution >= 0.6 is 11.5 Å². The average molecular weight is 263 g/mol. The Bertz CT molecular complexity index is 563. The van der Waals surface area contributed by atoms with Crippen LogP contribution in [0.5, 0.6) is 0 Å². The van der Waals surface area contributed by atoms with E-state index in [-0.39, 0.29) is 11.4 Å². The van der Waals surface area contributed by atoms with Crippen LogP contribution in [0.1, 0.15) is 21.6 Å². The van der Waals surface area contributed by atoms with Gasteiger partial charge in [0.15, 0.2) is 5.82 Å². The first-order valence-corrected chi connectivity index (χ1v) is 6.05. The van der Waals surface area contributed by atoms with Crippen LogP contribution in [-0.4, -0.2) is 15.3 Å². The van der Waals surface area contributed by atoms with Gasteiger partial charge in [-0.05, 0) is 30.1 Å². The average Bonchev–Trinajstić information content (AvgIpc) is 2.70. The molecule has 0 aromatic carbocycles. The Hall–Kier alpha value is -2.15. The van der Waals surface area contributed by atoms with Gasteiger partial charge in [-0.3, -0.25) is 9.78 Å². The Morgan fingerprint density at radius 3 is 2.89 bits per heavy atom. The topological polar surface area (TPSA) is 107 Å². The number of rotatable bonds is 4. The van der Waals surface area contributed by atoms with E-state index in [1.54, 1.807) is 6.20 Å². The molecular weight excluding hydrogens is 250 g/mol. The van der Waals surface area contributed by atoms with E-state index in [0.29, 0.717) is 11.5 Å². The summed E-state index contributed by atoms with van der Waals surface area (Å²) in [5.74, 6) is -0.414. The molecule has 5 N–H and O–H groups in total. The number of pyridine rings is 1. The Morgan fingerprint density at radius 2 is 2.28 bits per heavy atom. The summed E-state index contributed by atoms with van der Waals surface area (Å²) in [6, 6.07) is 3.89. The van der Waals surface area contributed by atoms with Gasteiger partial charge < -0.3 is 16.8 Å². The Morgan fingerprint density at radius 1 is 1.50 bits per heavy atom. The number of nitrogen functional groups attached to an aromatic ring is 1. The lowest BCUT2D eigenvalue weighted by molar-refractivity contribution is 0.100. The number of nitrogens with zero attached hydrogens (tertiary/aromatic N) is 2. The van der Waals surface area contributed by atoms with E-state index in [2.05, 4.69) is 14.7 Å². The second-order valence-corrected chi connectivity index (χ2v) is 4.57. The minimum absolute atomic E-state index is 0.164. The number of carbonyl (C=O) groups is 1. The molecule has 2 heterocycles. The summed E-state index contributed by atoms with van der Waals surface area (Å²) in [5.41, 5.74) is 13.0. The van der Waals surface area contributed by atoms with Gasteiger partial charge in [-0.15, -0.1) is 0 Å². The van der Waals surface area contributed by atoms with Gasteiger partial charge in [-0.2, -0.15) is 4.37 Å². The van der Waals surface area contributed by atoms with Crippen LogP contribution in [0.25, 0.3) is 0 Å². The summed E-state index contributed by atoms with van der Waals surface area (Å²) >= 11 is 1.12. The number of aryl methyl sites for hydroxylation is 1. The van der Waals surface area contributed by atoms with Crippen LogP contribution in [0.15, 0.2) is 18.3 Å². The fraction of sp³-hybridized carbons (Fsp3) is 0.182. The number of anilines is 2. The molecule has 0 atom stereocenters. The van der Waals surface area contributed by atoms with E-state index in [4.69, 9.17) is 11.5 Å². The Kier molecular flexibility index (Phi) is 3.42. The van der Waals surface area contributed by atoms with Crippen molar-refractivity contribution in [2.45, 2.75) is 13.5 Å². The maximum atomic E-state index is 11.2. The first-order chi connectivity index (χ1) is 8.58. The number of primary amides is 1. The molecule has 1 amide bonds. The van der Waals surface area contributed by atoms with Crippen molar-refractivity contribution in [1.82, 2.24) is 9.36 Å². The van der Waals surface area contributed by atoms with Crippen LogP contribution in [-0.2, 0) is 6.54 Å². The van der Waals surface area contributed by atoms with Crippen LogP contribution < -0.4 is 16.8 Å². The first kappa shape index (κ1) is 12.3. The summed E-state index contributed by atoms with van der Waals surface area (Å²) in [5, 5.41) is 3.67. The van der Waals surface area contributed by atoms with Gasteiger partial charge in [-0.25, -0.2) is 0 Å². The predicted molar refractivity (Wildman–Crippen MR) is 71.3 cm³/mol. The molecular formula is C11H13N5OS. The van der Waals surface area contributed by atoms with E-state index >= 15 is 0 Å². The summed E-state index contributed by atoms with van der Waals surface area (Å²) in [7, 11) is 0. The molecule has 0 radical (unpaired) electrons. The molecule has 0 fully saturated rings. The lowest BCUT2D eigenvalue weighted by atomic mass is 10.2. The third kappa shape index (κ3) is 2.57. The van der Waals surface area contributed by atoms with E-state index < -0.39 is 5.91 Å². The number of nitrogens with one attached hydrogen (secondary N) is 1. The van der Waals surface area contributed by atoms with Crippen molar-refractivity contribution >= 4 is 28.3 Å². The van der Waals surface area contributed by atoms with Crippen molar-refractivity contribution in [2.75, 3.05) is 11.1 Å². The number of aromatic nitrogens is 2. The molecule has 0 saturated heterocycles. The standard InChI is InChI=1S/C11H13N5OS/c1-6-2-3-7(4-14-6)5-15-11-8(10(13)17)9(12)16-18-11/h2-4,15H,5H2,1H3,(H2,12,16)(H2,13,17). The van der Waals surface area contributed by atoms with Crippen molar-refractivity contribution in [3.8, 4) is 0 Å². The molecule has 18 heavy (non-hydrogen) atoms. The van der Waals surface area contributed by atoms with Crippen LogP contribution in [0.2, 0.25) is 0 Å². The molecule has 0 saturated carbocycles. The zero-order valence-corrected chi connectivity index (χ0v) is 10.6. The van der Waals surface area contributed by atoms with Gasteiger partial charge in [0.1, 0.15) is 10.6 Å². The van der Waals surface area contributed by atoms with Gasteiger partial charge in [-0.1, -0.05) is 6.07 Å². The van der Waals surface area contributed by atoms with Gasteiger partial charge in [0.25, 0.3) is 5.91 Å². The predicted octanol–water partition coefficient (Wildman–Crippen LogP) is 1.14. The maximum Gasteiger partial charge on any atom is 0.255 e. The van der Waals surface area contributed by atoms with Gasteiger partial charge in [0.05, 0.1) is 0 Å². The Balaban J connectivity index is 2.11. The molecule has 6 nitrogen and oxygen atoms in total. The van der Waals surface area contributed by atoms with Crippen molar-refractivity contribution in [3.05, 3.63) is 35.2 Å². The molecule has 0 aliphatic rings. The molecule has 2 aromatic heterocycles. The van der Waals surface area contributed by atoms with E-state index in [9.17, 15) is 4.79 Å². The SMILES string of the molecule is Cc1ccc(CNc2snc(N)c2C(N)=O)cn1. The number of hydrogen-bond acceptors (Lipinski definition) is 6. The Labute approximate surface area is 108 Å². The zero-order valence-electron chi connectivity index (χ0n) is 9.80. The minimum Gasteiger partial charge on any atom is -0.382 e. The highest BCUT2D eigenvalue weighted by Gasteiger charge is 2.16. The van der Waals surface area contributed by atoms with E-state index in [1.165, 1.54) is 0 Å². The highest BCUT2D eigenvalue weighted by molar-refractivity contribution is 7.11. The summed E-state index contributed by atoms with van der Waals surface area (Å²) in [6.07, 6.45) is 1.77. The highest BCUT2D eigenvalue weighted by atomic mass is 32.1. The number of carbonyl (C=O) groups excluding carboxylic acids is 1. The van der Waals surface area contributed by atoms with Crippen LogP contribution in [0.3, 0.4) is 0 Å². The normalized spacial score (nSPS) is 10.3. The third-order valence-electron chi connectivity index (χ3n) is 2.39. The summed E-state index contributed by atoms with van der Waals surface area (Å²) in [6.45, 7) is 2.46. The second kappa shape index (κ2) is 5.01. The molecule has 2 rings (SSSR count). The molecule has 94 valence electrons. The van der Waals surface area contributed by atoms with Gasteiger partial charge in [0.2, 0.25) is 0 Å². The lowest BCUT2D eigenvalue weighted by Crippen LogP contribution is -2.14. The molecule has 0 spiro atoms. The first-order valence-electron chi connectivity index (χ1n) is 5.28. The van der Waals surface area contributed by atoms with E-state index in [0.717, 1.165) is 22.8 Å². The number of amides is 1. The second-order valence-electron chi connectivity index (χ2n) is 3.80. The third-order valence-corrected chi connectivity index (χ3v) is 3.21. The van der Waals surface area contributed by atoms with E-state index in [1.807, 2.05) is 19.1 Å². The largest absolute Gasteiger partial charge is 0.382 e. The van der Waals surface area contributed by atoms with Crippen molar-refractivity contribution in [2.24, 2.45) is 5.73 Å². The number of hydrogen-bond donors (Lipinski definition) is 3. The quantitative estimate of drug-likeness (QED) is 0.766. The molecule has 7 heteroatoms. The van der Waals surface area contributed by atoms with Crippen LogP contribution in [0.4, 0.5) is 10.8 Å². The molecule has 0 aliphatic heterocycles. The zero-order chi connectivity index (χ0) is 13.1. The molecule has 0 bridgehead atoms. The van der Waals surface area contributed by atoms with Gasteiger partial charge >= 0.3 is 0 Å². The smallest absolute Gasteiger partial charge is 0.255 e. The van der Waals surface area contributed by atoms with Crippen molar-refractivity contribution < 1.29 is 4.79 Å². The highest BCUT2D eigenvalue weighted by Crippen LogP contribution is 2.26. The summed E-state index contributed by atoms with van der Waals surface area (Å²) < 4.78 is 3.90. The van der Waals surface area contributed by atoms with Crippen molar-refractivity contribution in [3.63, 3.8) is 0 Å². The molecule has 2 aromatic rings. The lowest BCUT2D eigenvalue weighted by Gasteiger charge is -2.05. The monoisotopic (exact) mass is 263 g/mol. The molecule has 0 aliphatic carbocycles.